The van der Waals surface area contributed by atoms with E-state index < -0.39 is 0 Å². The van der Waals surface area contributed by atoms with Crippen LogP contribution >= 0.6 is 0 Å². The molecule has 1 aromatic heterocycles. The second kappa shape index (κ2) is 4.91. The molecule has 0 unspecified atom stereocenters. The van der Waals surface area contributed by atoms with Crippen LogP contribution in [0.25, 0.3) is 0 Å². The molecule has 0 fully saturated rings. The van der Waals surface area contributed by atoms with Crippen LogP contribution in [0.5, 0.6) is 5.75 Å². The second-order valence-corrected chi connectivity index (χ2v) is 4.18. The fourth-order valence-electron chi connectivity index (χ4n) is 1.72. The number of carbonyl (C=O) groups excluding carboxylic acids is 1. The molecule has 1 aromatic carbocycles. The minimum atomic E-state index is -0.146. The molecular weight excluding hydrogens is 230 g/mol. The standard InChI is InChI=1S/C13H15N3O2/c1-9-7-10(2)16(15-9)8-13(18)14-11-3-5-12(17)6-4-11/h3-7,17H,8H2,1-2H3,(H,14,18). The number of aryl methyl sites for hydroxylation is 2. The Morgan fingerprint density at radius 1 is 1.33 bits per heavy atom. The Hall–Kier alpha value is -2.30. The van der Waals surface area contributed by atoms with Gasteiger partial charge in [-0.3, -0.25) is 9.48 Å². The van der Waals surface area contributed by atoms with Crippen molar-refractivity contribution >= 4 is 11.6 Å². The first kappa shape index (κ1) is 12.2. The van der Waals surface area contributed by atoms with Crippen molar-refractivity contribution in [1.82, 2.24) is 9.78 Å². The maximum atomic E-state index is 11.8. The first-order valence-corrected chi connectivity index (χ1v) is 5.64. The number of nitrogens with zero attached hydrogens (tertiary/aromatic N) is 2. The number of amides is 1. The molecule has 0 aliphatic carbocycles. The summed E-state index contributed by atoms with van der Waals surface area (Å²) in [5.74, 6) is 0.0263. The molecule has 5 heteroatoms. The van der Waals surface area contributed by atoms with Crippen LogP contribution in [-0.2, 0) is 11.3 Å². The van der Waals surface area contributed by atoms with Crippen molar-refractivity contribution in [2.75, 3.05) is 5.32 Å². The van der Waals surface area contributed by atoms with Gasteiger partial charge in [0, 0.05) is 11.4 Å². The fraction of sp³-hybridized carbons (Fsp3) is 0.231. The maximum absolute atomic E-state index is 11.8. The van der Waals surface area contributed by atoms with E-state index >= 15 is 0 Å². The van der Waals surface area contributed by atoms with Gasteiger partial charge in [-0.05, 0) is 44.2 Å². The highest BCUT2D eigenvalue weighted by Gasteiger charge is 2.07. The summed E-state index contributed by atoms with van der Waals surface area (Å²) in [5, 5.41) is 16.1. The van der Waals surface area contributed by atoms with E-state index in [1.807, 2.05) is 19.9 Å². The molecule has 0 atom stereocenters. The third kappa shape index (κ3) is 2.88. The number of rotatable bonds is 3. The van der Waals surface area contributed by atoms with E-state index in [4.69, 9.17) is 5.11 Å². The predicted octanol–water partition coefficient (Wildman–Crippen LogP) is 1.84. The summed E-state index contributed by atoms with van der Waals surface area (Å²) >= 11 is 0. The molecule has 18 heavy (non-hydrogen) atoms. The third-order valence-corrected chi connectivity index (χ3v) is 2.55. The lowest BCUT2D eigenvalue weighted by Crippen LogP contribution is -2.20. The summed E-state index contributed by atoms with van der Waals surface area (Å²) in [5.41, 5.74) is 2.50. The number of benzene rings is 1. The lowest BCUT2D eigenvalue weighted by molar-refractivity contribution is -0.116. The van der Waals surface area contributed by atoms with Crippen molar-refractivity contribution in [2.45, 2.75) is 20.4 Å². The minimum Gasteiger partial charge on any atom is -0.508 e. The molecule has 0 bridgehead atoms. The first-order chi connectivity index (χ1) is 8.54. The van der Waals surface area contributed by atoms with Crippen molar-refractivity contribution in [3.63, 3.8) is 0 Å². The van der Waals surface area contributed by atoms with Gasteiger partial charge in [0.05, 0.1) is 5.69 Å². The van der Waals surface area contributed by atoms with Crippen molar-refractivity contribution in [3.8, 4) is 5.75 Å². The highest BCUT2D eigenvalue weighted by atomic mass is 16.3. The van der Waals surface area contributed by atoms with Gasteiger partial charge in [-0.2, -0.15) is 5.10 Å². The van der Waals surface area contributed by atoms with Crippen LogP contribution in [0.15, 0.2) is 30.3 Å². The number of anilines is 1. The van der Waals surface area contributed by atoms with E-state index in [0.29, 0.717) is 5.69 Å². The molecule has 0 saturated carbocycles. The first-order valence-electron chi connectivity index (χ1n) is 5.64. The Balaban J connectivity index is 2.01. The lowest BCUT2D eigenvalue weighted by atomic mass is 10.3. The van der Waals surface area contributed by atoms with Crippen LogP contribution in [0.4, 0.5) is 5.69 Å². The van der Waals surface area contributed by atoms with Crippen LogP contribution < -0.4 is 5.32 Å². The van der Waals surface area contributed by atoms with Crippen LogP contribution in [0.3, 0.4) is 0 Å². The normalized spacial score (nSPS) is 10.3. The van der Waals surface area contributed by atoms with E-state index in [1.54, 1.807) is 16.8 Å². The summed E-state index contributed by atoms with van der Waals surface area (Å²) in [7, 11) is 0. The number of hydrogen-bond donors (Lipinski definition) is 2. The highest BCUT2D eigenvalue weighted by Crippen LogP contribution is 2.13. The molecule has 5 nitrogen and oxygen atoms in total. The molecule has 0 saturated heterocycles. The van der Waals surface area contributed by atoms with E-state index in [9.17, 15) is 4.79 Å². The molecule has 0 aliphatic rings. The van der Waals surface area contributed by atoms with Gasteiger partial charge in [0.15, 0.2) is 0 Å². The Kier molecular flexibility index (Phi) is 3.32. The Morgan fingerprint density at radius 2 is 2.00 bits per heavy atom. The smallest absolute Gasteiger partial charge is 0.246 e. The summed E-state index contributed by atoms with van der Waals surface area (Å²) in [6.07, 6.45) is 0. The number of phenols is 1. The van der Waals surface area contributed by atoms with Gasteiger partial charge in [-0.1, -0.05) is 0 Å². The van der Waals surface area contributed by atoms with Crippen LogP contribution in [0.1, 0.15) is 11.4 Å². The molecule has 2 rings (SSSR count). The molecule has 94 valence electrons. The summed E-state index contributed by atoms with van der Waals surface area (Å²) in [6, 6.07) is 8.27. The summed E-state index contributed by atoms with van der Waals surface area (Å²) in [4.78, 5) is 11.8. The van der Waals surface area contributed by atoms with Gasteiger partial charge in [-0.25, -0.2) is 0 Å². The number of aromatic hydroxyl groups is 1. The van der Waals surface area contributed by atoms with Gasteiger partial charge in [0.1, 0.15) is 12.3 Å². The largest absolute Gasteiger partial charge is 0.508 e. The van der Waals surface area contributed by atoms with Crippen LogP contribution in [-0.4, -0.2) is 20.8 Å². The zero-order valence-electron chi connectivity index (χ0n) is 10.3. The van der Waals surface area contributed by atoms with Crippen LogP contribution in [0, 0.1) is 13.8 Å². The lowest BCUT2D eigenvalue weighted by Gasteiger charge is -2.06. The molecule has 1 amide bonds. The maximum Gasteiger partial charge on any atom is 0.246 e. The highest BCUT2D eigenvalue weighted by molar-refractivity contribution is 5.90. The van der Waals surface area contributed by atoms with Crippen molar-refractivity contribution in [3.05, 3.63) is 41.7 Å². The average Bonchev–Trinajstić information content (AvgIpc) is 2.61. The second-order valence-electron chi connectivity index (χ2n) is 4.18. The van der Waals surface area contributed by atoms with Gasteiger partial charge >= 0.3 is 0 Å². The Labute approximate surface area is 105 Å². The van der Waals surface area contributed by atoms with Gasteiger partial charge < -0.3 is 10.4 Å². The monoisotopic (exact) mass is 245 g/mol. The third-order valence-electron chi connectivity index (χ3n) is 2.55. The van der Waals surface area contributed by atoms with Gasteiger partial charge in [-0.15, -0.1) is 0 Å². The van der Waals surface area contributed by atoms with Gasteiger partial charge in [0.25, 0.3) is 0 Å². The number of nitrogens with one attached hydrogen (secondary N) is 1. The van der Waals surface area contributed by atoms with Crippen LogP contribution in [0.2, 0.25) is 0 Å². The average molecular weight is 245 g/mol. The van der Waals surface area contributed by atoms with E-state index in [-0.39, 0.29) is 18.2 Å². The molecule has 2 N–H and O–H groups in total. The molecule has 0 aliphatic heterocycles. The predicted molar refractivity (Wildman–Crippen MR) is 68.4 cm³/mol. The van der Waals surface area contributed by atoms with E-state index in [2.05, 4.69) is 10.4 Å². The zero-order chi connectivity index (χ0) is 13.1. The van der Waals surface area contributed by atoms with E-state index in [1.165, 1.54) is 12.1 Å². The number of carbonyl (C=O) groups is 1. The summed E-state index contributed by atoms with van der Waals surface area (Å²) in [6.45, 7) is 3.98. The van der Waals surface area contributed by atoms with Crippen molar-refractivity contribution < 1.29 is 9.90 Å². The quantitative estimate of drug-likeness (QED) is 0.811. The Bertz CT molecular complexity index is 558. The fourth-order valence-corrected chi connectivity index (χ4v) is 1.72. The SMILES string of the molecule is Cc1cc(C)n(CC(=O)Nc2ccc(O)cc2)n1. The molecule has 0 radical (unpaired) electrons. The van der Waals surface area contributed by atoms with Gasteiger partial charge in [0.2, 0.25) is 5.91 Å². The zero-order valence-corrected chi connectivity index (χ0v) is 10.3. The molecule has 2 aromatic rings. The molecule has 0 spiro atoms. The summed E-state index contributed by atoms with van der Waals surface area (Å²) < 4.78 is 1.66. The Morgan fingerprint density at radius 3 is 2.56 bits per heavy atom. The number of hydrogen-bond acceptors (Lipinski definition) is 3. The number of phenolic OH excluding ortho intramolecular Hbond substituents is 1. The van der Waals surface area contributed by atoms with Crippen molar-refractivity contribution in [2.24, 2.45) is 0 Å². The molecular formula is C13H15N3O2. The molecule has 1 heterocycles. The minimum absolute atomic E-state index is 0.146. The van der Waals surface area contributed by atoms with Crippen molar-refractivity contribution in [1.29, 1.82) is 0 Å². The number of aromatic nitrogens is 2. The van der Waals surface area contributed by atoms with E-state index in [0.717, 1.165) is 11.4 Å². The topological polar surface area (TPSA) is 67.2 Å².